The summed E-state index contributed by atoms with van der Waals surface area (Å²) in [5.74, 6) is 0.785. The number of allylic oxidation sites excluding steroid dienone is 1. The molecule has 0 aliphatic rings. The molecule has 3 aromatic heterocycles. The van der Waals surface area contributed by atoms with E-state index in [9.17, 15) is 5.26 Å². The lowest BCUT2D eigenvalue weighted by Crippen LogP contribution is -2.04. The van der Waals surface area contributed by atoms with Crippen molar-refractivity contribution in [1.29, 1.82) is 5.26 Å². The van der Waals surface area contributed by atoms with Gasteiger partial charge in [-0.2, -0.15) is 5.26 Å². The maximum absolute atomic E-state index is 9.65. The first-order valence-corrected chi connectivity index (χ1v) is 10.1. The Morgan fingerprint density at radius 3 is 2.62 bits per heavy atom. The fourth-order valence-electron chi connectivity index (χ4n) is 2.54. The van der Waals surface area contributed by atoms with Gasteiger partial charge in [0, 0.05) is 41.0 Å². The Hall–Kier alpha value is -2.66. The zero-order valence-electron chi connectivity index (χ0n) is 15.6. The summed E-state index contributed by atoms with van der Waals surface area (Å²) in [7, 11) is 1.51. The molecule has 0 spiro atoms. The summed E-state index contributed by atoms with van der Waals surface area (Å²) >= 11 is 13.9. The van der Waals surface area contributed by atoms with E-state index in [1.165, 1.54) is 25.7 Å². The van der Waals surface area contributed by atoms with Gasteiger partial charge in [0.1, 0.15) is 0 Å². The number of nitriles is 1. The van der Waals surface area contributed by atoms with Gasteiger partial charge in [-0.05, 0) is 19.1 Å². The van der Waals surface area contributed by atoms with Crippen molar-refractivity contribution < 1.29 is 9.47 Å². The Bertz CT molecular complexity index is 1070. The summed E-state index contributed by atoms with van der Waals surface area (Å²) in [6, 6.07) is 3.86. The predicted octanol–water partition coefficient (Wildman–Crippen LogP) is 5.24. The Kier molecular flexibility index (Phi) is 7.04. The van der Waals surface area contributed by atoms with Crippen molar-refractivity contribution in [3.8, 4) is 17.7 Å². The third-order valence-corrected chi connectivity index (χ3v) is 5.65. The van der Waals surface area contributed by atoms with Crippen LogP contribution in [0, 0.1) is 18.3 Å². The lowest BCUT2D eigenvalue weighted by molar-refractivity contribution is 0.292. The molecule has 0 unspecified atom stereocenters. The van der Waals surface area contributed by atoms with Crippen molar-refractivity contribution in [1.82, 2.24) is 15.0 Å². The summed E-state index contributed by atoms with van der Waals surface area (Å²) in [4.78, 5) is 13.6. The summed E-state index contributed by atoms with van der Waals surface area (Å²) in [5.41, 5.74) is 4.21. The standard InChI is InChI=1S/C20H16Cl2N4O2S/c1-12-19(29-11-26-12)3-4-28-18-6-14(8-25-20(18)27-2)13(7-23)5-15-16(21)9-24-10-17(15)22/h5-6,8-11H,3-4H2,1-2H3. The highest BCUT2D eigenvalue weighted by molar-refractivity contribution is 7.09. The fourth-order valence-corrected chi connectivity index (χ4v) is 3.78. The maximum Gasteiger partial charge on any atom is 0.256 e. The smallest absolute Gasteiger partial charge is 0.256 e. The van der Waals surface area contributed by atoms with Gasteiger partial charge < -0.3 is 9.47 Å². The fraction of sp³-hybridized carbons (Fsp3) is 0.200. The lowest BCUT2D eigenvalue weighted by atomic mass is 10.1. The second-order valence-electron chi connectivity index (χ2n) is 5.88. The molecule has 29 heavy (non-hydrogen) atoms. The third kappa shape index (κ3) is 5.04. The molecule has 0 N–H and O–H groups in total. The number of ether oxygens (including phenoxy) is 2. The number of thiazole rings is 1. The maximum atomic E-state index is 9.65. The first-order valence-electron chi connectivity index (χ1n) is 8.50. The van der Waals surface area contributed by atoms with Crippen LogP contribution in [0.25, 0.3) is 11.6 Å². The number of nitrogens with zero attached hydrogens (tertiary/aromatic N) is 4. The van der Waals surface area contributed by atoms with Gasteiger partial charge in [0.25, 0.3) is 5.88 Å². The van der Waals surface area contributed by atoms with Crippen LogP contribution in [0.1, 0.15) is 21.7 Å². The minimum absolute atomic E-state index is 0.332. The molecule has 6 nitrogen and oxygen atoms in total. The predicted molar refractivity (Wildman–Crippen MR) is 115 cm³/mol. The first-order chi connectivity index (χ1) is 14.0. The van der Waals surface area contributed by atoms with Gasteiger partial charge >= 0.3 is 0 Å². The van der Waals surface area contributed by atoms with Gasteiger partial charge in [-0.25, -0.2) is 9.97 Å². The number of rotatable bonds is 7. The number of methoxy groups -OCH3 is 1. The molecule has 0 amide bonds. The highest BCUT2D eigenvalue weighted by Gasteiger charge is 2.13. The van der Waals surface area contributed by atoms with Gasteiger partial charge in [-0.15, -0.1) is 11.3 Å². The number of aromatic nitrogens is 3. The molecule has 3 aromatic rings. The molecule has 3 heterocycles. The normalized spacial score (nSPS) is 11.2. The number of pyridine rings is 2. The molecule has 0 bridgehead atoms. The number of halogens is 2. The van der Waals surface area contributed by atoms with Crippen LogP contribution in [0.4, 0.5) is 0 Å². The number of aryl methyl sites for hydroxylation is 1. The number of hydrogen-bond donors (Lipinski definition) is 0. The van der Waals surface area contributed by atoms with Crippen molar-refractivity contribution in [3.63, 3.8) is 0 Å². The summed E-state index contributed by atoms with van der Waals surface area (Å²) in [6.07, 6.45) is 6.79. The van der Waals surface area contributed by atoms with Crippen LogP contribution in [0.3, 0.4) is 0 Å². The zero-order chi connectivity index (χ0) is 20.8. The van der Waals surface area contributed by atoms with E-state index in [1.54, 1.807) is 23.5 Å². The SMILES string of the molecule is COc1ncc(C(C#N)=Cc2c(Cl)cncc2Cl)cc1OCCc1scnc1C. The molecule has 9 heteroatoms. The van der Waals surface area contributed by atoms with Crippen molar-refractivity contribution in [3.05, 3.63) is 61.9 Å². The van der Waals surface area contributed by atoms with Crippen LogP contribution < -0.4 is 9.47 Å². The Balaban J connectivity index is 1.87. The van der Waals surface area contributed by atoms with E-state index in [4.69, 9.17) is 32.7 Å². The van der Waals surface area contributed by atoms with Crippen LogP contribution >= 0.6 is 34.5 Å². The largest absolute Gasteiger partial charge is 0.488 e. The van der Waals surface area contributed by atoms with E-state index in [0.29, 0.717) is 51.4 Å². The van der Waals surface area contributed by atoms with Crippen molar-refractivity contribution in [2.45, 2.75) is 13.3 Å². The quantitative estimate of drug-likeness (QED) is 0.461. The third-order valence-electron chi connectivity index (χ3n) is 4.05. The van der Waals surface area contributed by atoms with Gasteiger partial charge in [0.05, 0.1) is 46.6 Å². The van der Waals surface area contributed by atoms with Gasteiger partial charge in [-0.1, -0.05) is 23.2 Å². The topological polar surface area (TPSA) is 80.9 Å². The van der Waals surface area contributed by atoms with E-state index < -0.39 is 0 Å². The van der Waals surface area contributed by atoms with Crippen LogP contribution in [0.2, 0.25) is 10.0 Å². The molecule has 3 rings (SSSR count). The van der Waals surface area contributed by atoms with E-state index in [0.717, 1.165) is 10.6 Å². The molecule has 0 fully saturated rings. The van der Waals surface area contributed by atoms with Gasteiger partial charge in [-0.3, -0.25) is 4.98 Å². The van der Waals surface area contributed by atoms with E-state index >= 15 is 0 Å². The first kappa shape index (κ1) is 21.1. The Labute approximate surface area is 182 Å². The molecule has 0 saturated carbocycles. The molecule has 0 aliphatic heterocycles. The molecular weight excluding hydrogens is 431 g/mol. The summed E-state index contributed by atoms with van der Waals surface area (Å²) in [6.45, 7) is 2.39. The minimum atomic E-state index is 0.332. The van der Waals surface area contributed by atoms with Crippen LogP contribution in [0.15, 0.2) is 30.2 Å². The van der Waals surface area contributed by atoms with Crippen LogP contribution in [-0.4, -0.2) is 28.7 Å². The summed E-state index contributed by atoms with van der Waals surface area (Å²) in [5, 5.41) is 10.3. The van der Waals surface area contributed by atoms with Crippen molar-refractivity contribution in [2.24, 2.45) is 0 Å². The molecule has 0 atom stereocenters. The van der Waals surface area contributed by atoms with Gasteiger partial charge in [0.2, 0.25) is 0 Å². The summed E-state index contributed by atoms with van der Waals surface area (Å²) < 4.78 is 11.2. The Morgan fingerprint density at radius 1 is 1.24 bits per heavy atom. The second kappa shape index (κ2) is 9.70. The van der Waals surface area contributed by atoms with Crippen LogP contribution in [0.5, 0.6) is 11.6 Å². The highest BCUT2D eigenvalue weighted by atomic mass is 35.5. The van der Waals surface area contributed by atoms with Crippen LogP contribution in [-0.2, 0) is 6.42 Å². The molecule has 0 saturated heterocycles. The minimum Gasteiger partial charge on any atom is -0.488 e. The van der Waals surface area contributed by atoms with E-state index in [1.807, 2.05) is 12.4 Å². The monoisotopic (exact) mass is 446 g/mol. The molecule has 148 valence electrons. The van der Waals surface area contributed by atoms with Crippen molar-refractivity contribution in [2.75, 3.05) is 13.7 Å². The molecule has 0 aliphatic carbocycles. The molecular formula is C20H16Cl2N4O2S. The molecule has 0 aromatic carbocycles. The zero-order valence-corrected chi connectivity index (χ0v) is 18.0. The lowest BCUT2D eigenvalue weighted by Gasteiger charge is -2.11. The molecule has 0 radical (unpaired) electrons. The number of hydrogen-bond acceptors (Lipinski definition) is 7. The second-order valence-corrected chi connectivity index (χ2v) is 7.63. The Morgan fingerprint density at radius 2 is 2.00 bits per heavy atom. The average Bonchev–Trinajstić information content (AvgIpc) is 3.12. The highest BCUT2D eigenvalue weighted by Crippen LogP contribution is 2.31. The average molecular weight is 447 g/mol. The van der Waals surface area contributed by atoms with Crippen molar-refractivity contribution >= 4 is 46.2 Å². The van der Waals surface area contributed by atoms with E-state index in [-0.39, 0.29) is 0 Å². The van der Waals surface area contributed by atoms with Gasteiger partial charge in [0.15, 0.2) is 5.75 Å². The van der Waals surface area contributed by atoms with E-state index in [2.05, 4.69) is 21.0 Å².